The minimum absolute atomic E-state index is 0.0367. The molecule has 0 spiro atoms. The van der Waals surface area contributed by atoms with Crippen LogP contribution in [0.25, 0.3) is 22.0 Å². The van der Waals surface area contributed by atoms with Crippen molar-refractivity contribution in [3.63, 3.8) is 0 Å². The molecule has 0 bridgehead atoms. The van der Waals surface area contributed by atoms with Gasteiger partial charge in [-0.05, 0) is 57.2 Å². The number of nitrogens with one attached hydrogen (secondary N) is 2. The van der Waals surface area contributed by atoms with Gasteiger partial charge in [0.1, 0.15) is 5.82 Å². The van der Waals surface area contributed by atoms with Gasteiger partial charge in [-0.2, -0.15) is 5.10 Å². The SMILES string of the molecule is CC(C)CC(=O)Nc1cc(-c2cc(Br)c3[nH]nc(N)c3c2)ccn1. The average Bonchev–Trinajstić information content (AvgIpc) is 2.88. The molecule has 2 heterocycles. The highest BCUT2D eigenvalue weighted by Gasteiger charge is 2.11. The number of rotatable bonds is 4. The summed E-state index contributed by atoms with van der Waals surface area (Å²) in [5, 5.41) is 10.6. The number of halogens is 1. The van der Waals surface area contributed by atoms with E-state index in [1.54, 1.807) is 6.20 Å². The summed E-state index contributed by atoms with van der Waals surface area (Å²) >= 11 is 3.53. The molecule has 0 atom stereocenters. The number of pyridine rings is 1. The highest BCUT2D eigenvalue weighted by atomic mass is 79.9. The van der Waals surface area contributed by atoms with Gasteiger partial charge in [0.15, 0.2) is 5.82 Å². The molecule has 0 aliphatic rings. The minimum Gasteiger partial charge on any atom is -0.382 e. The van der Waals surface area contributed by atoms with E-state index in [1.165, 1.54) is 0 Å². The number of carbonyl (C=O) groups excluding carboxylic acids is 1. The number of aromatic amines is 1. The summed E-state index contributed by atoms with van der Waals surface area (Å²) in [5.41, 5.74) is 8.66. The van der Waals surface area contributed by atoms with Crippen LogP contribution in [-0.2, 0) is 4.79 Å². The lowest BCUT2D eigenvalue weighted by molar-refractivity contribution is -0.116. The number of benzene rings is 1. The first-order valence-electron chi connectivity index (χ1n) is 7.63. The third kappa shape index (κ3) is 3.41. The number of carbonyl (C=O) groups is 1. The number of aromatic nitrogens is 3. The Balaban J connectivity index is 1.94. The van der Waals surface area contributed by atoms with Crippen molar-refractivity contribution in [2.24, 2.45) is 5.92 Å². The van der Waals surface area contributed by atoms with Crippen LogP contribution in [0.2, 0.25) is 0 Å². The van der Waals surface area contributed by atoms with E-state index in [2.05, 4.69) is 36.4 Å². The molecule has 124 valence electrons. The number of hydrogen-bond acceptors (Lipinski definition) is 4. The van der Waals surface area contributed by atoms with Gasteiger partial charge < -0.3 is 11.1 Å². The van der Waals surface area contributed by atoms with E-state index >= 15 is 0 Å². The van der Waals surface area contributed by atoms with Crippen LogP contribution in [0, 0.1) is 5.92 Å². The Morgan fingerprint density at radius 3 is 2.88 bits per heavy atom. The van der Waals surface area contributed by atoms with Crippen LogP contribution in [0.5, 0.6) is 0 Å². The lowest BCUT2D eigenvalue weighted by Crippen LogP contribution is -2.14. The average molecular weight is 388 g/mol. The first kappa shape index (κ1) is 16.4. The number of hydrogen-bond donors (Lipinski definition) is 3. The fourth-order valence-corrected chi connectivity index (χ4v) is 3.06. The Bertz CT molecular complexity index is 903. The monoisotopic (exact) mass is 387 g/mol. The molecule has 0 aliphatic heterocycles. The van der Waals surface area contributed by atoms with Gasteiger partial charge in [-0.15, -0.1) is 0 Å². The molecule has 0 unspecified atom stereocenters. The van der Waals surface area contributed by atoms with Crippen molar-refractivity contribution in [1.29, 1.82) is 0 Å². The maximum absolute atomic E-state index is 11.9. The molecule has 0 aliphatic carbocycles. The normalized spacial score (nSPS) is 11.2. The summed E-state index contributed by atoms with van der Waals surface area (Å²) in [5.74, 6) is 1.25. The summed E-state index contributed by atoms with van der Waals surface area (Å²) < 4.78 is 0.876. The number of fused-ring (bicyclic) bond motifs is 1. The highest BCUT2D eigenvalue weighted by molar-refractivity contribution is 9.10. The second-order valence-corrected chi connectivity index (χ2v) is 6.92. The molecule has 6 nitrogen and oxygen atoms in total. The summed E-state index contributed by atoms with van der Waals surface area (Å²) in [6.45, 7) is 4.01. The summed E-state index contributed by atoms with van der Waals surface area (Å²) in [6, 6.07) is 7.69. The molecule has 0 radical (unpaired) electrons. The zero-order valence-corrected chi connectivity index (χ0v) is 15.0. The van der Waals surface area contributed by atoms with E-state index in [4.69, 9.17) is 5.73 Å². The second kappa shape index (κ2) is 6.60. The molecule has 3 rings (SSSR count). The van der Waals surface area contributed by atoms with E-state index in [9.17, 15) is 4.79 Å². The van der Waals surface area contributed by atoms with Crippen molar-refractivity contribution >= 4 is 44.4 Å². The number of nitrogens with zero attached hydrogens (tertiary/aromatic N) is 2. The number of anilines is 2. The van der Waals surface area contributed by atoms with Crippen LogP contribution in [0.3, 0.4) is 0 Å². The molecule has 3 aromatic rings. The van der Waals surface area contributed by atoms with Gasteiger partial charge in [0, 0.05) is 22.5 Å². The molecule has 24 heavy (non-hydrogen) atoms. The van der Waals surface area contributed by atoms with Gasteiger partial charge in [-0.25, -0.2) is 4.98 Å². The first-order chi connectivity index (χ1) is 11.4. The predicted octanol–water partition coefficient (Wildman–Crippen LogP) is 3.95. The Morgan fingerprint density at radius 2 is 2.12 bits per heavy atom. The molecule has 1 amide bonds. The smallest absolute Gasteiger partial charge is 0.225 e. The van der Waals surface area contributed by atoms with E-state index in [0.717, 1.165) is 26.5 Å². The molecule has 0 fully saturated rings. The predicted molar refractivity (Wildman–Crippen MR) is 99.5 cm³/mol. The minimum atomic E-state index is -0.0367. The van der Waals surface area contributed by atoms with E-state index < -0.39 is 0 Å². The fraction of sp³-hybridized carbons (Fsp3) is 0.235. The largest absolute Gasteiger partial charge is 0.382 e. The van der Waals surface area contributed by atoms with Gasteiger partial charge >= 0.3 is 0 Å². The van der Waals surface area contributed by atoms with E-state index in [1.807, 2.05) is 38.1 Å². The maximum Gasteiger partial charge on any atom is 0.225 e. The van der Waals surface area contributed by atoms with Crippen LogP contribution in [0.15, 0.2) is 34.9 Å². The number of H-pyrrole nitrogens is 1. The van der Waals surface area contributed by atoms with Gasteiger partial charge in [0.05, 0.1) is 5.52 Å². The third-order valence-electron chi connectivity index (χ3n) is 3.61. The zero-order valence-electron chi connectivity index (χ0n) is 13.4. The van der Waals surface area contributed by atoms with Crippen LogP contribution >= 0.6 is 15.9 Å². The summed E-state index contributed by atoms with van der Waals surface area (Å²) in [7, 11) is 0. The zero-order chi connectivity index (χ0) is 17.3. The van der Waals surface area contributed by atoms with Crippen LogP contribution in [0.1, 0.15) is 20.3 Å². The Labute approximate surface area is 148 Å². The van der Waals surface area contributed by atoms with Gasteiger partial charge in [-0.3, -0.25) is 9.89 Å². The Hall–Kier alpha value is -2.41. The Morgan fingerprint density at radius 1 is 1.33 bits per heavy atom. The molecule has 4 N–H and O–H groups in total. The highest BCUT2D eigenvalue weighted by Crippen LogP contribution is 2.32. The molecular formula is C17H18BrN5O. The third-order valence-corrected chi connectivity index (χ3v) is 4.23. The van der Waals surface area contributed by atoms with Crippen molar-refractivity contribution in [3.8, 4) is 11.1 Å². The van der Waals surface area contributed by atoms with Crippen LogP contribution in [0.4, 0.5) is 11.6 Å². The molecular weight excluding hydrogens is 370 g/mol. The van der Waals surface area contributed by atoms with Crippen LogP contribution in [-0.4, -0.2) is 21.1 Å². The van der Waals surface area contributed by atoms with Gasteiger partial charge in [0.25, 0.3) is 0 Å². The topological polar surface area (TPSA) is 96.7 Å². The number of nitrogen functional groups attached to an aromatic ring is 1. The fourth-order valence-electron chi connectivity index (χ4n) is 2.51. The lowest BCUT2D eigenvalue weighted by Gasteiger charge is -2.09. The summed E-state index contributed by atoms with van der Waals surface area (Å²) in [4.78, 5) is 16.1. The van der Waals surface area contributed by atoms with Crippen molar-refractivity contribution in [2.75, 3.05) is 11.1 Å². The number of amides is 1. The van der Waals surface area contributed by atoms with E-state index in [0.29, 0.717) is 24.0 Å². The molecule has 1 aromatic carbocycles. The van der Waals surface area contributed by atoms with E-state index in [-0.39, 0.29) is 5.91 Å². The molecule has 0 saturated heterocycles. The standard InChI is InChI=1S/C17H18BrN5O/c1-9(2)5-15(24)21-14-8-10(3-4-20-14)11-6-12-16(13(18)7-11)22-23-17(12)19/h3-4,6-9H,5H2,1-2H3,(H3,19,22,23)(H,20,21,24). The first-order valence-corrected chi connectivity index (χ1v) is 8.42. The second-order valence-electron chi connectivity index (χ2n) is 6.07. The quantitative estimate of drug-likeness (QED) is 0.630. The molecule has 7 heteroatoms. The lowest BCUT2D eigenvalue weighted by atomic mass is 10.0. The molecule has 0 saturated carbocycles. The maximum atomic E-state index is 11.9. The Kier molecular flexibility index (Phi) is 4.53. The van der Waals surface area contributed by atoms with Gasteiger partial charge in [-0.1, -0.05) is 13.8 Å². The van der Waals surface area contributed by atoms with Crippen LogP contribution < -0.4 is 11.1 Å². The van der Waals surface area contributed by atoms with Crippen molar-refractivity contribution in [3.05, 3.63) is 34.9 Å². The summed E-state index contributed by atoms with van der Waals surface area (Å²) in [6.07, 6.45) is 2.14. The molecule has 2 aromatic heterocycles. The number of nitrogens with two attached hydrogens (primary N) is 1. The van der Waals surface area contributed by atoms with Crippen molar-refractivity contribution in [1.82, 2.24) is 15.2 Å². The van der Waals surface area contributed by atoms with Crippen molar-refractivity contribution < 1.29 is 4.79 Å². The van der Waals surface area contributed by atoms with Gasteiger partial charge in [0.2, 0.25) is 5.91 Å². The van der Waals surface area contributed by atoms with Crippen molar-refractivity contribution in [2.45, 2.75) is 20.3 Å².